The van der Waals surface area contributed by atoms with Crippen molar-refractivity contribution in [2.45, 2.75) is 32.4 Å². The molecule has 1 amide bonds. The quantitative estimate of drug-likeness (QED) is 0.617. The predicted octanol–water partition coefficient (Wildman–Crippen LogP) is 0.242. The first kappa shape index (κ1) is 21.3. The maximum Gasteiger partial charge on any atom is 0.335 e. The minimum atomic E-state index is -0.789. The molecule has 160 valence electrons. The Labute approximate surface area is 172 Å². The van der Waals surface area contributed by atoms with Gasteiger partial charge < -0.3 is 20.1 Å². The van der Waals surface area contributed by atoms with E-state index in [1.54, 1.807) is 6.92 Å². The van der Waals surface area contributed by atoms with E-state index in [-0.39, 0.29) is 24.6 Å². The van der Waals surface area contributed by atoms with E-state index in [0.29, 0.717) is 13.0 Å². The molecule has 1 aliphatic heterocycles. The molecule has 2 heterocycles. The largest absolute Gasteiger partial charge is 0.454 e. The van der Waals surface area contributed by atoms with Gasteiger partial charge in [-0.25, -0.2) is 9.59 Å². The molecule has 1 atom stereocenters. The van der Waals surface area contributed by atoms with Crippen molar-refractivity contribution < 1.29 is 19.1 Å². The SMILES string of the molecule is CCN(C(=O)COC(=O)C1CCCO1)c1c(N)n(Cc2ccccc2)c(=O)[nH]c1=O. The van der Waals surface area contributed by atoms with E-state index in [1.807, 2.05) is 30.3 Å². The number of ether oxygens (including phenoxy) is 2. The number of aromatic amines is 1. The van der Waals surface area contributed by atoms with E-state index in [0.717, 1.165) is 16.9 Å². The van der Waals surface area contributed by atoms with Crippen LogP contribution < -0.4 is 21.9 Å². The topological polar surface area (TPSA) is 137 Å². The number of nitrogens with zero attached hydrogens (tertiary/aromatic N) is 2. The van der Waals surface area contributed by atoms with Crippen LogP contribution >= 0.6 is 0 Å². The lowest BCUT2D eigenvalue weighted by atomic mass is 10.2. The van der Waals surface area contributed by atoms with Crippen molar-refractivity contribution in [3.05, 3.63) is 56.7 Å². The Morgan fingerprint density at radius 2 is 2.03 bits per heavy atom. The van der Waals surface area contributed by atoms with Gasteiger partial charge in [-0.3, -0.25) is 19.1 Å². The lowest BCUT2D eigenvalue weighted by Crippen LogP contribution is -2.43. The number of H-pyrrole nitrogens is 1. The van der Waals surface area contributed by atoms with E-state index in [9.17, 15) is 19.2 Å². The monoisotopic (exact) mass is 416 g/mol. The number of hydrogen-bond donors (Lipinski definition) is 2. The lowest BCUT2D eigenvalue weighted by Gasteiger charge is -2.23. The van der Waals surface area contributed by atoms with Crippen LogP contribution in [0.5, 0.6) is 0 Å². The van der Waals surface area contributed by atoms with Gasteiger partial charge in [0.15, 0.2) is 18.4 Å². The number of hydrogen-bond acceptors (Lipinski definition) is 7. The first-order chi connectivity index (χ1) is 14.4. The van der Waals surface area contributed by atoms with Crippen LogP contribution in [-0.2, 0) is 25.6 Å². The summed E-state index contributed by atoms with van der Waals surface area (Å²) in [5.41, 5.74) is 5.29. The van der Waals surface area contributed by atoms with Gasteiger partial charge in [0.2, 0.25) is 0 Å². The molecule has 10 nitrogen and oxygen atoms in total. The maximum atomic E-state index is 12.7. The van der Waals surface area contributed by atoms with Gasteiger partial charge in [-0.1, -0.05) is 30.3 Å². The van der Waals surface area contributed by atoms with Crippen LogP contribution in [-0.4, -0.2) is 47.3 Å². The molecule has 1 aliphatic rings. The van der Waals surface area contributed by atoms with Gasteiger partial charge in [0.1, 0.15) is 5.82 Å². The first-order valence-electron chi connectivity index (χ1n) is 9.67. The number of benzene rings is 1. The second-order valence-corrected chi connectivity index (χ2v) is 6.81. The minimum absolute atomic E-state index is 0.0904. The molecule has 1 aromatic carbocycles. The van der Waals surface area contributed by atoms with Crippen LogP contribution in [0.1, 0.15) is 25.3 Å². The average Bonchev–Trinajstić information content (AvgIpc) is 3.28. The summed E-state index contributed by atoms with van der Waals surface area (Å²) in [7, 11) is 0. The Hall–Kier alpha value is -3.40. The Bertz CT molecular complexity index is 1020. The van der Waals surface area contributed by atoms with Gasteiger partial charge in [-0.05, 0) is 25.3 Å². The molecular formula is C20H24N4O6. The smallest absolute Gasteiger partial charge is 0.335 e. The molecule has 1 fully saturated rings. The van der Waals surface area contributed by atoms with Crippen molar-refractivity contribution >= 4 is 23.4 Å². The van der Waals surface area contributed by atoms with Crippen molar-refractivity contribution in [3.63, 3.8) is 0 Å². The summed E-state index contributed by atoms with van der Waals surface area (Å²) < 4.78 is 11.5. The van der Waals surface area contributed by atoms with Crippen LogP contribution in [0.3, 0.4) is 0 Å². The fourth-order valence-corrected chi connectivity index (χ4v) is 3.29. The second kappa shape index (κ2) is 9.40. The molecule has 0 radical (unpaired) electrons. The molecule has 1 aromatic heterocycles. The van der Waals surface area contributed by atoms with E-state index >= 15 is 0 Å². The highest BCUT2D eigenvalue weighted by molar-refractivity contribution is 5.97. The highest BCUT2D eigenvalue weighted by Gasteiger charge is 2.28. The summed E-state index contributed by atoms with van der Waals surface area (Å²) in [5.74, 6) is -1.40. The van der Waals surface area contributed by atoms with Gasteiger partial charge in [0, 0.05) is 13.2 Å². The van der Waals surface area contributed by atoms with Gasteiger partial charge in [0.25, 0.3) is 11.5 Å². The molecule has 1 saturated heterocycles. The van der Waals surface area contributed by atoms with Crippen molar-refractivity contribution in [1.29, 1.82) is 0 Å². The molecule has 0 spiro atoms. The molecule has 0 bridgehead atoms. The van der Waals surface area contributed by atoms with Gasteiger partial charge in [0.05, 0.1) is 6.54 Å². The van der Waals surface area contributed by atoms with Crippen molar-refractivity contribution in [3.8, 4) is 0 Å². The number of rotatable bonds is 7. The number of nitrogens with one attached hydrogen (secondary N) is 1. The Morgan fingerprint density at radius 1 is 1.30 bits per heavy atom. The Morgan fingerprint density at radius 3 is 2.67 bits per heavy atom. The predicted molar refractivity (Wildman–Crippen MR) is 109 cm³/mol. The fourth-order valence-electron chi connectivity index (χ4n) is 3.29. The standard InChI is InChI=1S/C20H24N4O6/c1-2-23(15(25)12-30-19(27)14-9-6-10-29-14)16-17(21)24(20(28)22-18(16)26)11-13-7-4-3-5-8-13/h3-5,7-8,14H,2,6,9-12,21H2,1H3,(H,22,26,28). The molecule has 3 rings (SSSR count). The number of carbonyl (C=O) groups excluding carboxylic acids is 2. The zero-order valence-electron chi connectivity index (χ0n) is 16.6. The number of anilines is 2. The number of likely N-dealkylation sites (N-methyl/N-ethyl adjacent to an activating group) is 1. The molecule has 30 heavy (non-hydrogen) atoms. The van der Waals surface area contributed by atoms with Crippen LogP contribution in [0.25, 0.3) is 0 Å². The van der Waals surface area contributed by atoms with Gasteiger partial charge in [-0.15, -0.1) is 0 Å². The van der Waals surface area contributed by atoms with Crippen LogP contribution in [0.4, 0.5) is 11.5 Å². The van der Waals surface area contributed by atoms with Crippen molar-refractivity contribution in [1.82, 2.24) is 9.55 Å². The van der Waals surface area contributed by atoms with E-state index in [2.05, 4.69) is 4.98 Å². The molecule has 2 aromatic rings. The fraction of sp³-hybridized carbons (Fsp3) is 0.400. The van der Waals surface area contributed by atoms with Crippen molar-refractivity contribution in [2.75, 3.05) is 30.4 Å². The Balaban J connectivity index is 1.83. The van der Waals surface area contributed by atoms with E-state index in [1.165, 1.54) is 4.57 Å². The van der Waals surface area contributed by atoms with Crippen LogP contribution in [0.2, 0.25) is 0 Å². The first-order valence-corrected chi connectivity index (χ1v) is 9.67. The Kier molecular flexibility index (Phi) is 6.68. The molecule has 0 saturated carbocycles. The normalized spacial score (nSPS) is 15.7. The third-order valence-corrected chi connectivity index (χ3v) is 4.82. The second-order valence-electron chi connectivity index (χ2n) is 6.81. The molecule has 3 N–H and O–H groups in total. The molecule has 10 heteroatoms. The number of aromatic nitrogens is 2. The molecule has 0 aliphatic carbocycles. The average molecular weight is 416 g/mol. The number of nitrogens with two attached hydrogens (primary N) is 1. The summed E-state index contributed by atoms with van der Waals surface area (Å²) in [6, 6.07) is 9.08. The summed E-state index contributed by atoms with van der Waals surface area (Å²) in [6.45, 7) is 1.76. The third-order valence-electron chi connectivity index (χ3n) is 4.82. The minimum Gasteiger partial charge on any atom is -0.454 e. The highest BCUT2D eigenvalue weighted by atomic mass is 16.6. The third kappa shape index (κ3) is 4.60. The zero-order chi connectivity index (χ0) is 21.7. The van der Waals surface area contributed by atoms with Crippen LogP contribution in [0.15, 0.2) is 39.9 Å². The summed E-state index contributed by atoms with van der Waals surface area (Å²) >= 11 is 0. The number of esters is 1. The summed E-state index contributed by atoms with van der Waals surface area (Å²) in [4.78, 5) is 52.7. The summed E-state index contributed by atoms with van der Waals surface area (Å²) in [6.07, 6.45) is 0.625. The maximum absolute atomic E-state index is 12.7. The van der Waals surface area contributed by atoms with Crippen molar-refractivity contribution in [2.24, 2.45) is 0 Å². The summed E-state index contributed by atoms with van der Waals surface area (Å²) in [5, 5.41) is 0. The van der Waals surface area contributed by atoms with Crippen LogP contribution in [0, 0.1) is 0 Å². The number of carbonyl (C=O) groups is 2. The molecular weight excluding hydrogens is 392 g/mol. The van der Waals surface area contributed by atoms with Gasteiger partial charge in [-0.2, -0.15) is 0 Å². The lowest BCUT2D eigenvalue weighted by molar-refractivity contribution is -0.157. The highest BCUT2D eigenvalue weighted by Crippen LogP contribution is 2.18. The number of amides is 1. The molecule has 1 unspecified atom stereocenters. The van der Waals surface area contributed by atoms with E-state index in [4.69, 9.17) is 15.2 Å². The van der Waals surface area contributed by atoms with Gasteiger partial charge >= 0.3 is 11.7 Å². The van der Waals surface area contributed by atoms with E-state index < -0.39 is 35.8 Å². The number of nitrogen functional groups attached to an aromatic ring is 1. The zero-order valence-corrected chi connectivity index (χ0v) is 16.6.